The molecule has 1 fully saturated rings. The molecule has 17 heavy (non-hydrogen) atoms. The van der Waals surface area contributed by atoms with Gasteiger partial charge in [0.1, 0.15) is 0 Å². The van der Waals surface area contributed by atoms with E-state index in [1.54, 1.807) is 30.2 Å². The van der Waals surface area contributed by atoms with Gasteiger partial charge in [0.05, 0.1) is 11.7 Å². The van der Waals surface area contributed by atoms with E-state index in [1.807, 2.05) is 0 Å². The second kappa shape index (κ2) is 4.94. The number of benzene rings is 1. The Hall–Kier alpha value is -1.26. The maximum absolute atomic E-state index is 12.2. The van der Waals surface area contributed by atoms with Crippen molar-refractivity contribution >= 4 is 23.2 Å². The highest BCUT2D eigenvalue weighted by atomic mass is 35.5. The Bertz CT molecular complexity index is 437. The summed E-state index contributed by atoms with van der Waals surface area (Å²) in [6.45, 7) is 1.31. The number of hydrogen-bond acceptors (Lipinski definition) is 3. The third-order valence-electron chi connectivity index (χ3n) is 3.01. The predicted molar refractivity (Wildman–Crippen MR) is 67.2 cm³/mol. The fourth-order valence-corrected chi connectivity index (χ4v) is 2.16. The van der Waals surface area contributed by atoms with Crippen LogP contribution in [0.5, 0.6) is 0 Å². The molecule has 0 radical (unpaired) electrons. The van der Waals surface area contributed by atoms with Crippen molar-refractivity contribution in [2.75, 3.05) is 25.9 Å². The van der Waals surface area contributed by atoms with Crippen LogP contribution in [-0.2, 0) is 4.74 Å². The number of likely N-dealkylation sites (tertiary alicyclic amines) is 1. The van der Waals surface area contributed by atoms with E-state index >= 15 is 0 Å². The van der Waals surface area contributed by atoms with Crippen LogP contribution in [0.4, 0.5) is 5.69 Å². The van der Waals surface area contributed by atoms with Crippen molar-refractivity contribution in [1.82, 2.24) is 4.90 Å². The van der Waals surface area contributed by atoms with Crippen LogP contribution in [0.2, 0.25) is 5.02 Å². The number of methoxy groups -OCH3 is 1. The van der Waals surface area contributed by atoms with E-state index in [0.717, 1.165) is 6.42 Å². The number of anilines is 1. The Morgan fingerprint density at radius 2 is 2.35 bits per heavy atom. The number of rotatable bonds is 2. The molecule has 1 aliphatic rings. The molecule has 5 heteroatoms. The molecule has 1 atom stereocenters. The highest BCUT2D eigenvalue weighted by Gasteiger charge is 2.27. The van der Waals surface area contributed by atoms with Gasteiger partial charge in [0, 0.05) is 30.9 Å². The maximum atomic E-state index is 12.2. The zero-order chi connectivity index (χ0) is 12.4. The van der Waals surface area contributed by atoms with E-state index in [9.17, 15) is 4.79 Å². The Morgan fingerprint density at radius 1 is 1.59 bits per heavy atom. The first-order valence-electron chi connectivity index (χ1n) is 5.49. The van der Waals surface area contributed by atoms with Gasteiger partial charge in [-0.2, -0.15) is 0 Å². The Morgan fingerprint density at radius 3 is 3.00 bits per heavy atom. The van der Waals surface area contributed by atoms with Crippen molar-refractivity contribution in [3.05, 3.63) is 28.8 Å². The Kier molecular flexibility index (Phi) is 3.54. The van der Waals surface area contributed by atoms with Crippen molar-refractivity contribution < 1.29 is 9.53 Å². The topological polar surface area (TPSA) is 55.6 Å². The molecule has 1 amide bonds. The van der Waals surface area contributed by atoms with Gasteiger partial charge in [-0.05, 0) is 24.6 Å². The number of carbonyl (C=O) groups is 1. The molecule has 1 unspecified atom stereocenters. The first-order valence-corrected chi connectivity index (χ1v) is 5.86. The molecule has 2 rings (SSSR count). The zero-order valence-electron chi connectivity index (χ0n) is 9.65. The number of nitrogen functional groups attached to an aromatic ring is 1. The van der Waals surface area contributed by atoms with Crippen molar-refractivity contribution in [2.45, 2.75) is 12.5 Å². The standard InChI is InChI=1S/C12H15ClN2O2/c1-17-9-4-5-15(7-9)12(16)10-6-8(13)2-3-11(10)14/h2-3,6,9H,4-5,7,14H2,1H3. The van der Waals surface area contributed by atoms with Crippen LogP contribution < -0.4 is 5.73 Å². The number of carbonyl (C=O) groups excluding carboxylic acids is 1. The van der Waals surface area contributed by atoms with Crippen molar-refractivity contribution in [2.24, 2.45) is 0 Å². The summed E-state index contributed by atoms with van der Waals surface area (Å²) in [5, 5.41) is 0.519. The molecular weight excluding hydrogens is 240 g/mol. The summed E-state index contributed by atoms with van der Waals surface area (Å²) >= 11 is 5.87. The number of ether oxygens (including phenoxy) is 1. The molecule has 2 N–H and O–H groups in total. The van der Waals surface area contributed by atoms with E-state index in [4.69, 9.17) is 22.1 Å². The van der Waals surface area contributed by atoms with E-state index in [2.05, 4.69) is 0 Å². The normalized spacial score (nSPS) is 19.6. The molecule has 1 aliphatic heterocycles. The first-order chi connectivity index (χ1) is 8.11. The fraction of sp³-hybridized carbons (Fsp3) is 0.417. The van der Waals surface area contributed by atoms with Crippen molar-refractivity contribution in [1.29, 1.82) is 0 Å². The molecule has 0 aromatic heterocycles. The van der Waals surface area contributed by atoms with E-state index in [0.29, 0.717) is 29.4 Å². The molecule has 0 bridgehead atoms. The van der Waals surface area contributed by atoms with Crippen LogP contribution >= 0.6 is 11.6 Å². The minimum Gasteiger partial charge on any atom is -0.398 e. The minimum absolute atomic E-state index is 0.0791. The Labute approximate surface area is 105 Å². The lowest BCUT2D eigenvalue weighted by Gasteiger charge is -2.17. The quantitative estimate of drug-likeness (QED) is 0.819. The highest BCUT2D eigenvalue weighted by molar-refractivity contribution is 6.31. The molecule has 4 nitrogen and oxygen atoms in total. The molecule has 0 aliphatic carbocycles. The monoisotopic (exact) mass is 254 g/mol. The second-order valence-corrected chi connectivity index (χ2v) is 4.57. The van der Waals surface area contributed by atoms with Crippen LogP contribution in [-0.4, -0.2) is 37.1 Å². The number of hydrogen-bond donors (Lipinski definition) is 1. The van der Waals surface area contributed by atoms with Crippen LogP contribution in [0.15, 0.2) is 18.2 Å². The van der Waals surface area contributed by atoms with Gasteiger partial charge in [0.2, 0.25) is 0 Å². The van der Waals surface area contributed by atoms with Gasteiger partial charge < -0.3 is 15.4 Å². The summed E-state index contributed by atoms with van der Waals surface area (Å²) in [6.07, 6.45) is 0.988. The predicted octanol–water partition coefficient (Wildman–Crippen LogP) is 1.78. The lowest BCUT2D eigenvalue weighted by molar-refractivity contribution is 0.0725. The molecule has 1 aromatic carbocycles. The number of halogens is 1. The zero-order valence-corrected chi connectivity index (χ0v) is 10.4. The van der Waals surface area contributed by atoms with Crippen LogP contribution in [0.25, 0.3) is 0 Å². The largest absolute Gasteiger partial charge is 0.398 e. The number of nitrogens with zero attached hydrogens (tertiary/aromatic N) is 1. The number of amides is 1. The molecule has 0 spiro atoms. The first kappa shape index (κ1) is 12.2. The molecule has 1 heterocycles. The van der Waals surface area contributed by atoms with Gasteiger partial charge in [-0.1, -0.05) is 11.6 Å². The molecular formula is C12H15ClN2O2. The minimum atomic E-state index is -0.0791. The van der Waals surface area contributed by atoms with Crippen LogP contribution in [0.3, 0.4) is 0 Å². The Balaban J connectivity index is 2.17. The summed E-state index contributed by atoms with van der Waals surface area (Å²) in [5.74, 6) is -0.0791. The van der Waals surface area contributed by atoms with Gasteiger partial charge in [-0.25, -0.2) is 0 Å². The highest BCUT2D eigenvalue weighted by Crippen LogP contribution is 2.22. The third kappa shape index (κ3) is 2.53. The average molecular weight is 255 g/mol. The van der Waals surface area contributed by atoms with Gasteiger partial charge in [0.25, 0.3) is 5.91 Å². The summed E-state index contributed by atoms with van der Waals surface area (Å²) in [5.41, 5.74) is 6.71. The smallest absolute Gasteiger partial charge is 0.256 e. The molecule has 1 saturated heterocycles. The van der Waals surface area contributed by atoms with Gasteiger partial charge in [-0.15, -0.1) is 0 Å². The third-order valence-corrected chi connectivity index (χ3v) is 3.25. The second-order valence-electron chi connectivity index (χ2n) is 4.13. The van der Waals surface area contributed by atoms with Gasteiger partial charge >= 0.3 is 0 Å². The lowest BCUT2D eigenvalue weighted by atomic mass is 10.1. The van der Waals surface area contributed by atoms with Crippen molar-refractivity contribution in [3.63, 3.8) is 0 Å². The van der Waals surface area contributed by atoms with E-state index < -0.39 is 0 Å². The molecule has 1 aromatic rings. The average Bonchev–Trinajstić information content (AvgIpc) is 2.80. The SMILES string of the molecule is COC1CCN(C(=O)c2cc(Cl)ccc2N)C1. The van der Waals surface area contributed by atoms with Crippen molar-refractivity contribution in [3.8, 4) is 0 Å². The summed E-state index contributed by atoms with van der Waals surface area (Å²) in [6, 6.07) is 4.94. The fourth-order valence-electron chi connectivity index (χ4n) is 1.99. The number of nitrogens with two attached hydrogens (primary N) is 1. The summed E-state index contributed by atoms with van der Waals surface area (Å²) in [4.78, 5) is 14.0. The lowest BCUT2D eigenvalue weighted by Crippen LogP contribution is -2.30. The molecule has 0 saturated carbocycles. The van der Waals surface area contributed by atoms with Crippen LogP contribution in [0, 0.1) is 0 Å². The summed E-state index contributed by atoms with van der Waals surface area (Å²) in [7, 11) is 1.66. The van der Waals surface area contributed by atoms with Crippen LogP contribution in [0.1, 0.15) is 16.8 Å². The van der Waals surface area contributed by atoms with Gasteiger partial charge in [-0.3, -0.25) is 4.79 Å². The van der Waals surface area contributed by atoms with E-state index in [-0.39, 0.29) is 12.0 Å². The summed E-state index contributed by atoms with van der Waals surface area (Å²) < 4.78 is 5.23. The van der Waals surface area contributed by atoms with E-state index in [1.165, 1.54) is 0 Å². The van der Waals surface area contributed by atoms with Gasteiger partial charge in [0.15, 0.2) is 0 Å². The molecule has 92 valence electrons. The maximum Gasteiger partial charge on any atom is 0.256 e.